The molecule has 66 valence electrons. The number of nitrogen functional groups attached to an aromatic ring is 1. The van der Waals surface area contributed by atoms with Crippen molar-refractivity contribution in [1.82, 2.24) is 4.98 Å². The molecule has 0 amide bonds. The predicted octanol–water partition coefficient (Wildman–Crippen LogP) is 2.70. The molecule has 0 atom stereocenters. The lowest BCUT2D eigenvalue weighted by Gasteiger charge is -1.97. The van der Waals surface area contributed by atoms with E-state index in [0.717, 1.165) is 16.1 Å². The molecule has 2 N–H and O–H groups in total. The number of nitrogens with two attached hydrogens (primary N) is 1. The molecule has 0 spiro atoms. The third-order valence-corrected chi connectivity index (χ3v) is 2.75. The van der Waals surface area contributed by atoms with Gasteiger partial charge in [-0.3, -0.25) is 4.98 Å². The summed E-state index contributed by atoms with van der Waals surface area (Å²) in [6.07, 6.45) is 3.56. The van der Waals surface area contributed by atoms with Crippen LogP contribution in [0.25, 0.3) is 11.1 Å². The van der Waals surface area contributed by atoms with Gasteiger partial charge in [0.2, 0.25) is 0 Å². The van der Waals surface area contributed by atoms with Crippen molar-refractivity contribution in [3.8, 4) is 11.1 Å². The van der Waals surface area contributed by atoms with E-state index in [-0.39, 0.29) is 0 Å². The van der Waals surface area contributed by atoms with Gasteiger partial charge >= 0.3 is 0 Å². The smallest absolute Gasteiger partial charge is 0.0938 e. The first kappa shape index (κ1) is 8.26. The highest BCUT2D eigenvalue weighted by Gasteiger charge is 2.04. The maximum absolute atomic E-state index is 5.87. The van der Waals surface area contributed by atoms with Crippen molar-refractivity contribution in [2.24, 2.45) is 0 Å². The minimum Gasteiger partial charge on any atom is -0.390 e. The maximum atomic E-state index is 5.87. The summed E-state index contributed by atoms with van der Waals surface area (Å²) in [5.74, 6) is 0. The third-order valence-electron chi connectivity index (χ3n) is 1.88. The Morgan fingerprint density at radius 2 is 2.00 bits per heavy atom. The second-order valence-corrected chi connectivity index (χ2v) is 4.16. The van der Waals surface area contributed by atoms with Crippen molar-refractivity contribution in [3.05, 3.63) is 35.5 Å². The van der Waals surface area contributed by atoms with Gasteiger partial charge < -0.3 is 5.73 Å². The number of aromatic nitrogens is 1. The molecule has 2 heterocycles. The van der Waals surface area contributed by atoms with Crippen molar-refractivity contribution in [2.45, 2.75) is 6.92 Å². The van der Waals surface area contributed by atoms with Gasteiger partial charge in [0.05, 0.1) is 5.00 Å². The highest BCUT2D eigenvalue weighted by molar-refractivity contribution is 7.16. The fourth-order valence-corrected chi connectivity index (χ4v) is 2.10. The maximum Gasteiger partial charge on any atom is 0.0938 e. The first-order valence-electron chi connectivity index (χ1n) is 4.03. The molecule has 0 saturated heterocycles. The van der Waals surface area contributed by atoms with E-state index in [1.165, 1.54) is 4.88 Å². The van der Waals surface area contributed by atoms with Crippen LogP contribution in [0.1, 0.15) is 4.88 Å². The van der Waals surface area contributed by atoms with E-state index < -0.39 is 0 Å². The van der Waals surface area contributed by atoms with Gasteiger partial charge in [-0.1, -0.05) is 0 Å². The van der Waals surface area contributed by atoms with Gasteiger partial charge in [0.15, 0.2) is 0 Å². The monoisotopic (exact) mass is 190 g/mol. The fraction of sp³-hybridized carbons (Fsp3) is 0.100. The highest BCUT2D eigenvalue weighted by atomic mass is 32.1. The van der Waals surface area contributed by atoms with Gasteiger partial charge in [-0.25, -0.2) is 0 Å². The summed E-state index contributed by atoms with van der Waals surface area (Å²) in [7, 11) is 0. The van der Waals surface area contributed by atoms with Crippen LogP contribution in [0.15, 0.2) is 30.6 Å². The molecular formula is C10H10N2S. The first-order chi connectivity index (χ1) is 6.27. The number of pyridine rings is 1. The van der Waals surface area contributed by atoms with E-state index >= 15 is 0 Å². The number of hydrogen-bond acceptors (Lipinski definition) is 3. The summed E-state index contributed by atoms with van der Waals surface area (Å²) in [6, 6.07) is 6.05. The second kappa shape index (κ2) is 3.18. The molecule has 0 radical (unpaired) electrons. The molecule has 2 nitrogen and oxygen atoms in total. The molecule has 2 rings (SSSR count). The van der Waals surface area contributed by atoms with Crippen LogP contribution in [-0.2, 0) is 0 Å². The van der Waals surface area contributed by atoms with Crippen LogP contribution in [0.5, 0.6) is 0 Å². The molecule has 2 aromatic rings. The number of rotatable bonds is 1. The molecule has 0 aromatic carbocycles. The fourth-order valence-electron chi connectivity index (χ4n) is 1.29. The molecule has 3 heteroatoms. The lowest BCUT2D eigenvalue weighted by Crippen LogP contribution is -1.82. The van der Waals surface area contributed by atoms with Gasteiger partial charge in [0.25, 0.3) is 0 Å². The standard InChI is InChI=1S/C10H10N2S/c1-7-6-9(10(11)13-7)8-2-4-12-5-3-8/h2-6H,11H2,1H3. The largest absolute Gasteiger partial charge is 0.390 e. The third kappa shape index (κ3) is 1.55. The van der Waals surface area contributed by atoms with Crippen LogP contribution in [0.2, 0.25) is 0 Å². The number of hydrogen-bond donors (Lipinski definition) is 1. The van der Waals surface area contributed by atoms with E-state index in [2.05, 4.69) is 18.0 Å². The van der Waals surface area contributed by atoms with Gasteiger partial charge in [0, 0.05) is 22.8 Å². The van der Waals surface area contributed by atoms with Gasteiger partial charge in [0.1, 0.15) is 0 Å². The summed E-state index contributed by atoms with van der Waals surface area (Å²) in [4.78, 5) is 5.21. The second-order valence-electron chi connectivity index (χ2n) is 2.87. The topological polar surface area (TPSA) is 38.9 Å². The summed E-state index contributed by atoms with van der Waals surface area (Å²) in [5, 5.41) is 0.878. The molecule has 2 aromatic heterocycles. The Balaban J connectivity index is 2.53. The number of aryl methyl sites for hydroxylation is 1. The SMILES string of the molecule is Cc1cc(-c2ccncc2)c(N)s1. The Labute approximate surface area is 81.1 Å². The number of anilines is 1. The molecule has 0 unspecified atom stereocenters. The van der Waals surface area contributed by atoms with Crippen molar-refractivity contribution in [1.29, 1.82) is 0 Å². The summed E-state index contributed by atoms with van der Waals surface area (Å²) >= 11 is 1.62. The van der Waals surface area contributed by atoms with E-state index in [1.807, 2.05) is 12.1 Å². The van der Waals surface area contributed by atoms with E-state index in [1.54, 1.807) is 23.7 Å². The quantitative estimate of drug-likeness (QED) is 0.751. The lowest BCUT2D eigenvalue weighted by molar-refractivity contribution is 1.33. The van der Waals surface area contributed by atoms with Crippen LogP contribution in [0.4, 0.5) is 5.00 Å². The molecule has 0 aliphatic heterocycles. The lowest BCUT2D eigenvalue weighted by atomic mass is 10.1. The Morgan fingerprint density at radius 1 is 1.31 bits per heavy atom. The number of nitrogens with zero attached hydrogens (tertiary/aromatic N) is 1. The minimum atomic E-state index is 0.878. The van der Waals surface area contributed by atoms with Crippen LogP contribution in [0.3, 0.4) is 0 Å². The van der Waals surface area contributed by atoms with Crippen LogP contribution >= 0.6 is 11.3 Å². The van der Waals surface area contributed by atoms with Crippen LogP contribution in [-0.4, -0.2) is 4.98 Å². The van der Waals surface area contributed by atoms with Gasteiger partial charge in [-0.15, -0.1) is 11.3 Å². The molecular weight excluding hydrogens is 180 g/mol. The molecule has 13 heavy (non-hydrogen) atoms. The number of thiophene rings is 1. The van der Waals surface area contributed by atoms with Crippen LogP contribution < -0.4 is 5.73 Å². The molecule has 0 aliphatic carbocycles. The van der Waals surface area contributed by atoms with Gasteiger partial charge in [-0.05, 0) is 30.7 Å². The van der Waals surface area contributed by atoms with Crippen molar-refractivity contribution in [2.75, 3.05) is 5.73 Å². The zero-order valence-electron chi connectivity index (χ0n) is 7.32. The van der Waals surface area contributed by atoms with Crippen molar-refractivity contribution >= 4 is 16.3 Å². The molecule has 0 bridgehead atoms. The van der Waals surface area contributed by atoms with Gasteiger partial charge in [-0.2, -0.15) is 0 Å². The van der Waals surface area contributed by atoms with E-state index in [4.69, 9.17) is 5.73 Å². The first-order valence-corrected chi connectivity index (χ1v) is 4.85. The average molecular weight is 190 g/mol. The summed E-state index contributed by atoms with van der Waals surface area (Å²) < 4.78 is 0. The highest BCUT2D eigenvalue weighted by Crippen LogP contribution is 2.32. The average Bonchev–Trinajstić information content (AvgIpc) is 2.47. The Morgan fingerprint density at radius 3 is 2.54 bits per heavy atom. The zero-order valence-corrected chi connectivity index (χ0v) is 8.14. The molecule has 0 aliphatic rings. The minimum absolute atomic E-state index is 0.878. The molecule has 0 fully saturated rings. The Bertz CT molecular complexity index is 406. The van der Waals surface area contributed by atoms with E-state index in [0.29, 0.717) is 0 Å². The molecule has 0 saturated carbocycles. The van der Waals surface area contributed by atoms with Crippen LogP contribution in [0, 0.1) is 6.92 Å². The summed E-state index contributed by atoms with van der Waals surface area (Å²) in [6.45, 7) is 2.06. The van der Waals surface area contributed by atoms with Crippen molar-refractivity contribution < 1.29 is 0 Å². The van der Waals surface area contributed by atoms with Crippen molar-refractivity contribution in [3.63, 3.8) is 0 Å². The summed E-state index contributed by atoms with van der Waals surface area (Å²) in [5.41, 5.74) is 8.12. The predicted molar refractivity (Wildman–Crippen MR) is 56.7 cm³/mol. The zero-order chi connectivity index (χ0) is 9.26. The Hall–Kier alpha value is -1.35. The Kier molecular flexibility index (Phi) is 2.02. The normalized spacial score (nSPS) is 10.2. The van der Waals surface area contributed by atoms with E-state index in [9.17, 15) is 0 Å².